The quantitative estimate of drug-likeness (QED) is 0.924. The highest BCUT2D eigenvalue weighted by Crippen LogP contribution is 2.32. The number of carbonyl (C=O) groups excluding carboxylic acids is 1. The van der Waals surface area contributed by atoms with E-state index in [-0.39, 0.29) is 11.4 Å². The third-order valence-electron chi connectivity index (χ3n) is 4.85. The fourth-order valence-electron chi connectivity index (χ4n) is 3.26. The van der Waals surface area contributed by atoms with Gasteiger partial charge in [-0.1, -0.05) is 12.1 Å². The molecule has 4 nitrogen and oxygen atoms in total. The summed E-state index contributed by atoms with van der Waals surface area (Å²) in [4.78, 5) is 16.7. The van der Waals surface area contributed by atoms with Gasteiger partial charge in [-0.15, -0.1) is 0 Å². The second kappa shape index (κ2) is 5.68. The van der Waals surface area contributed by atoms with Gasteiger partial charge in [0.2, 0.25) is 5.91 Å². The van der Waals surface area contributed by atoms with Gasteiger partial charge in [0.25, 0.3) is 0 Å². The summed E-state index contributed by atoms with van der Waals surface area (Å²) in [5, 5.41) is 0. The molecule has 1 saturated heterocycles. The zero-order valence-electron chi connectivity index (χ0n) is 12.8. The van der Waals surface area contributed by atoms with Gasteiger partial charge < -0.3 is 15.5 Å². The summed E-state index contributed by atoms with van der Waals surface area (Å²) in [7, 11) is 0. The standard InChI is InChI=1S/C17H25N3O/c1-14-4-2-5-15(12-14)19-8-10-20(11-9-19)16(21)13-17(18)6-3-7-17/h2,4-5,12H,3,6-11,13,18H2,1H3. The molecule has 0 atom stereocenters. The number of amides is 1. The summed E-state index contributed by atoms with van der Waals surface area (Å²) in [5.74, 6) is 0.237. The first-order chi connectivity index (χ1) is 10.1. The molecule has 0 radical (unpaired) electrons. The second-order valence-corrected chi connectivity index (χ2v) is 6.60. The van der Waals surface area contributed by atoms with E-state index >= 15 is 0 Å². The molecule has 0 bridgehead atoms. The predicted molar refractivity (Wildman–Crippen MR) is 85.4 cm³/mol. The number of piperazine rings is 1. The number of anilines is 1. The summed E-state index contributed by atoms with van der Waals surface area (Å²) in [6.07, 6.45) is 3.70. The van der Waals surface area contributed by atoms with Crippen LogP contribution in [-0.4, -0.2) is 42.5 Å². The van der Waals surface area contributed by atoms with Crippen LogP contribution in [0.15, 0.2) is 24.3 Å². The van der Waals surface area contributed by atoms with E-state index in [0.717, 1.165) is 39.0 Å². The molecule has 0 spiro atoms. The first-order valence-corrected chi connectivity index (χ1v) is 7.94. The minimum atomic E-state index is -0.204. The van der Waals surface area contributed by atoms with E-state index in [9.17, 15) is 4.79 Å². The van der Waals surface area contributed by atoms with Crippen LogP contribution >= 0.6 is 0 Å². The van der Waals surface area contributed by atoms with Gasteiger partial charge in [-0.05, 0) is 43.9 Å². The fourth-order valence-corrected chi connectivity index (χ4v) is 3.26. The number of carbonyl (C=O) groups is 1. The number of hydrogen-bond acceptors (Lipinski definition) is 3. The Balaban J connectivity index is 1.54. The molecule has 3 rings (SSSR count). The maximum Gasteiger partial charge on any atom is 0.224 e. The summed E-state index contributed by atoms with van der Waals surface area (Å²) >= 11 is 0. The topological polar surface area (TPSA) is 49.6 Å². The number of nitrogens with zero attached hydrogens (tertiary/aromatic N) is 2. The van der Waals surface area contributed by atoms with Gasteiger partial charge >= 0.3 is 0 Å². The molecule has 0 unspecified atom stereocenters. The number of aryl methyl sites for hydroxylation is 1. The molecule has 2 fully saturated rings. The van der Waals surface area contributed by atoms with Crippen LogP contribution in [0.3, 0.4) is 0 Å². The lowest BCUT2D eigenvalue weighted by atomic mass is 9.75. The van der Waals surface area contributed by atoms with E-state index in [1.54, 1.807) is 0 Å². The molecule has 1 saturated carbocycles. The second-order valence-electron chi connectivity index (χ2n) is 6.60. The molecule has 1 aromatic rings. The van der Waals surface area contributed by atoms with E-state index < -0.39 is 0 Å². The largest absolute Gasteiger partial charge is 0.368 e. The van der Waals surface area contributed by atoms with E-state index in [2.05, 4.69) is 36.1 Å². The lowest BCUT2D eigenvalue weighted by molar-refractivity contribution is -0.133. The van der Waals surface area contributed by atoms with E-state index in [1.807, 2.05) is 4.90 Å². The minimum absolute atomic E-state index is 0.204. The normalized spacial score (nSPS) is 21.0. The van der Waals surface area contributed by atoms with Gasteiger partial charge in [-0.25, -0.2) is 0 Å². The van der Waals surface area contributed by atoms with Crippen molar-refractivity contribution in [1.82, 2.24) is 4.90 Å². The van der Waals surface area contributed by atoms with E-state index in [0.29, 0.717) is 6.42 Å². The molecular weight excluding hydrogens is 262 g/mol. The van der Waals surface area contributed by atoms with Crippen LogP contribution in [0.25, 0.3) is 0 Å². The van der Waals surface area contributed by atoms with Gasteiger partial charge in [-0.2, -0.15) is 0 Å². The first-order valence-electron chi connectivity index (χ1n) is 7.94. The van der Waals surface area contributed by atoms with Crippen LogP contribution in [0.5, 0.6) is 0 Å². The van der Waals surface area contributed by atoms with Crippen LogP contribution in [0.1, 0.15) is 31.2 Å². The molecule has 114 valence electrons. The summed E-state index contributed by atoms with van der Waals surface area (Å²) in [5.41, 5.74) is 8.52. The van der Waals surface area contributed by atoms with Crippen molar-refractivity contribution in [3.63, 3.8) is 0 Å². The molecule has 1 heterocycles. The van der Waals surface area contributed by atoms with Crippen molar-refractivity contribution in [2.24, 2.45) is 5.73 Å². The summed E-state index contributed by atoms with van der Waals surface area (Å²) in [6, 6.07) is 8.56. The molecule has 2 N–H and O–H groups in total. The van der Waals surface area contributed by atoms with Gasteiger partial charge in [0.05, 0.1) is 0 Å². The van der Waals surface area contributed by atoms with Crippen molar-refractivity contribution in [2.75, 3.05) is 31.1 Å². The monoisotopic (exact) mass is 287 g/mol. The molecular formula is C17H25N3O. The van der Waals surface area contributed by atoms with Crippen LogP contribution in [-0.2, 0) is 4.79 Å². The maximum absolute atomic E-state index is 12.3. The number of benzene rings is 1. The average Bonchev–Trinajstić information content (AvgIpc) is 2.46. The van der Waals surface area contributed by atoms with Gasteiger partial charge in [0.15, 0.2) is 0 Å². The Hall–Kier alpha value is -1.55. The average molecular weight is 287 g/mol. The lowest BCUT2D eigenvalue weighted by Gasteiger charge is -2.41. The fraction of sp³-hybridized carbons (Fsp3) is 0.588. The molecule has 1 amide bonds. The minimum Gasteiger partial charge on any atom is -0.368 e. The van der Waals surface area contributed by atoms with Crippen LogP contribution in [0.2, 0.25) is 0 Å². The van der Waals surface area contributed by atoms with Crippen molar-refractivity contribution in [2.45, 2.75) is 38.1 Å². The third kappa shape index (κ3) is 3.21. The highest BCUT2D eigenvalue weighted by molar-refractivity contribution is 5.78. The van der Waals surface area contributed by atoms with Crippen molar-refractivity contribution in [3.05, 3.63) is 29.8 Å². The number of rotatable bonds is 3. The van der Waals surface area contributed by atoms with Gasteiger partial charge in [-0.3, -0.25) is 4.79 Å². The third-order valence-corrected chi connectivity index (χ3v) is 4.85. The molecule has 1 aliphatic heterocycles. The van der Waals surface area contributed by atoms with E-state index in [1.165, 1.54) is 17.7 Å². The Morgan fingerprint density at radius 3 is 2.52 bits per heavy atom. The van der Waals surface area contributed by atoms with E-state index in [4.69, 9.17) is 5.73 Å². The Morgan fingerprint density at radius 1 is 1.24 bits per heavy atom. The Bertz CT molecular complexity index is 517. The van der Waals surface area contributed by atoms with Gasteiger partial charge in [0, 0.05) is 43.8 Å². The summed E-state index contributed by atoms with van der Waals surface area (Å²) < 4.78 is 0. The zero-order valence-corrected chi connectivity index (χ0v) is 12.8. The highest BCUT2D eigenvalue weighted by Gasteiger charge is 2.36. The van der Waals surface area contributed by atoms with Crippen molar-refractivity contribution in [3.8, 4) is 0 Å². The van der Waals surface area contributed by atoms with Crippen LogP contribution in [0, 0.1) is 6.92 Å². The molecule has 4 heteroatoms. The molecule has 1 aliphatic carbocycles. The SMILES string of the molecule is Cc1cccc(N2CCN(C(=O)CC3(N)CCC3)CC2)c1. The number of nitrogens with two attached hydrogens (primary N) is 1. The van der Waals surface area contributed by atoms with Crippen molar-refractivity contribution in [1.29, 1.82) is 0 Å². The molecule has 0 aromatic heterocycles. The number of hydrogen-bond donors (Lipinski definition) is 1. The molecule has 21 heavy (non-hydrogen) atoms. The molecule has 2 aliphatic rings. The van der Waals surface area contributed by atoms with Crippen molar-refractivity contribution < 1.29 is 4.79 Å². The zero-order chi connectivity index (χ0) is 14.9. The lowest BCUT2D eigenvalue weighted by Crippen LogP contribution is -2.54. The predicted octanol–water partition coefficient (Wildman–Crippen LogP) is 1.92. The van der Waals surface area contributed by atoms with Crippen LogP contribution < -0.4 is 10.6 Å². The highest BCUT2D eigenvalue weighted by atomic mass is 16.2. The smallest absolute Gasteiger partial charge is 0.224 e. The van der Waals surface area contributed by atoms with Gasteiger partial charge in [0.1, 0.15) is 0 Å². The van der Waals surface area contributed by atoms with Crippen LogP contribution in [0.4, 0.5) is 5.69 Å². The Kier molecular flexibility index (Phi) is 3.89. The molecule has 1 aromatic carbocycles. The van der Waals surface area contributed by atoms with Crippen molar-refractivity contribution >= 4 is 11.6 Å². The Morgan fingerprint density at radius 2 is 1.95 bits per heavy atom. The summed E-state index contributed by atoms with van der Waals surface area (Å²) in [6.45, 7) is 5.55. The maximum atomic E-state index is 12.3. The Labute approximate surface area is 126 Å². The first kappa shape index (κ1) is 14.4.